The van der Waals surface area contributed by atoms with Crippen molar-refractivity contribution in [3.63, 3.8) is 0 Å². The fourth-order valence-corrected chi connectivity index (χ4v) is 4.20. The number of nitrogens with one attached hydrogen (secondary N) is 3. The highest BCUT2D eigenvalue weighted by Gasteiger charge is 2.50. The lowest BCUT2D eigenvalue weighted by molar-refractivity contribution is -0.123. The molecular formula is C14H18ClN5O3S2. The minimum absolute atomic E-state index is 0.323. The number of nitrogens with zero attached hydrogens (tertiary/aromatic N) is 2. The van der Waals surface area contributed by atoms with Crippen LogP contribution in [0.25, 0.3) is 0 Å². The Hall–Kier alpha value is -1.75. The van der Waals surface area contributed by atoms with Gasteiger partial charge in [0.05, 0.1) is 4.75 Å². The normalized spacial score (nSPS) is 18.7. The summed E-state index contributed by atoms with van der Waals surface area (Å²) in [5.41, 5.74) is 3.09. The maximum atomic E-state index is 12.3. The minimum Gasteiger partial charge on any atom is -0.339 e. The van der Waals surface area contributed by atoms with Crippen molar-refractivity contribution in [2.45, 2.75) is 24.8 Å². The van der Waals surface area contributed by atoms with Gasteiger partial charge >= 0.3 is 12.1 Å². The van der Waals surface area contributed by atoms with Crippen LogP contribution in [0, 0.1) is 0 Å². The molecule has 136 valence electrons. The summed E-state index contributed by atoms with van der Waals surface area (Å²) in [6.45, 7) is 3.61. The van der Waals surface area contributed by atoms with Gasteiger partial charge in [-0.2, -0.15) is 5.06 Å². The van der Waals surface area contributed by atoms with Crippen LogP contribution in [0.1, 0.15) is 13.8 Å². The van der Waals surface area contributed by atoms with E-state index in [1.165, 1.54) is 23.8 Å². The van der Waals surface area contributed by atoms with E-state index in [0.29, 0.717) is 20.1 Å². The predicted octanol–water partition coefficient (Wildman–Crippen LogP) is 2.85. The Morgan fingerprint density at radius 2 is 1.96 bits per heavy atom. The average molecular weight is 404 g/mol. The van der Waals surface area contributed by atoms with E-state index in [-0.39, 0.29) is 0 Å². The number of benzene rings is 1. The Morgan fingerprint density at radius 3 is 2.52 bits per heavy atom. The van der Waals surface area contributed by atoms with Gasteiger partial charge in [0.1, 0.15) is 0 Å². The molecule has 1 aromatic carbocycles. The lowest BCUT2D eigenvalue weighted by Gasteiger charge is -2.36. The second kappa shape index (κ2) is 7.65. The number of hydrazine groups is 1. The van der Waals surface area contributed by atoms with Crippen molar-refractivity contribution in [3.05, 3.63) is 29.3 Å². The lowest BCUT2D eigenvalue weighted by atomic mass is 10.1. The van der Waals surface area contributed by atoms with E-state index in [0.717, 1.165) is 0 Å². The molecule has 1 unspecified atom stereocenters. The molecule has 8 nitrogen and oxygen atoms in total. The molecule has 1 atom stereocenters. The second-order valence-corrected chi connectivity index (χ2v) is 8.41. The summed E-state index contributed by atoms with van der Waals surface area (Å²) in [5.74, 6) is 0. The van der Waals surface area contributed by atoms with Crippen LogP contribution in [0.5, 0.6) is 0 Å². The zero-order valence-corrected chi connectivity index (χ0v) is 16.1. The number of hydrogen-bond acceptors (Lipinski definition) is 5. The van der Waals surface area contributed by atoms with Gasteiger partial charge in [-0.3, -0.25) is 5.21 Å². The maximum Gasteiger partial charge on any atom is 0.343 e. The van der Waals surface area contributed by atoms with Crippen LogP contribution in [0.15, 0.2) is 24.3 Å². The maximum absolute atomic E-state index is 12.3. The number of amides is 4. The summed E-state index contributed by atoms with van der Waals surface area (Å²) in [7, 11) is 1.39. The van der Waals surface area contributed by atoms with Gasteiger partial charge in [-0.1, -0.05) is 35.6 Å². The van der Waals surface area contributed by atoms with Crippen LogP contribution in [-0.4, -0.2) is 49.6 Å². The molecule has 1 aliphatic heterocycles. The molecule has 0 aromatic heterocycles. The van der Waals surface area contributed by atoms with Crippen LogP contribution in [0.3, 0.4) is 0 Å². The summed E-state index contributed by atoms with van der Waals surface area (Å²) < 4.78 is -0.324. The van der Waals surface area contributed by atoms with Crippen molar-refractivity contribution in [1.82, 2.24) is 20.8 Å². The number of carbonyl (C=O) groups excluding carboxylic acids is 2. The third-order valence-corrected chi connectivity index (χ3v) is 5.20. The third-order valence-electron chi connectivity index (χ3n) is 3.39. The first-order chi connectivity index (χ1) is 11.7. The number of hydrogen-bond donors (Lipinski definition) is 4. The molecule has 2 rings (SSSR count). The van der Waals surface area contributed by atoms with E-state index in [4.69, 9.17) is 23.8 Å². The molecule has 25 heavy (non-hydrogen) atoms. The van der Waals surface area contributed by atoms with Gasteiger partial charge in [0.15, 0.2) is 10.5 Å². The first kappa shape index (κ1) is 19.6. The number of halogens is 1. The van der Waals surface area contributed by atoms with Crippen LogP contribution >= 0.6 is 35.6 Å². The SMILES string of the molecule is CNC(=O)N(O)C1N(NC(=O)Nc2ccc(Cl)cc2)C(=S)SC1(C)C. The topological polar surface area (TPSA) is 96.9 Å². The van der Waals surface area contributed by atoms with Gasteiger partial charge in [-0.25, -0.2) is 20.0 Å². The quantitative estimate of drug-likeness (QED) is 0.352. The van der Waals surface area contributed by atoms with Gasteiger partial charge in [0.2, 0.25) is 0 Å². The van der Waals surface area contributed by atoms with E-state index >= 15 is 0 Å². The standard InChI is InChI=1S/C14H18ClN5O3S2/c1-14(2)10(20(23)12(22)16-3)19(13(24)25-14)18-11(21)17-9-6-4-8(15)5-7-9/h4-7,10,23H,1-3H3,(H,16,22)(H2,17,18,21). The first-order valence-electron chi connectivity index (χ1n) is 7.21. The van der Waals surface area contributed by atoms with Crippen LogP contribution in [0.2, 0.25) is 5.02 Å². The number of urea groups is 2. The Bertz CT molecular complexity index is 686. The first-order valence-corrected chi connectivity index (χ1v) is 8.81. The molecule has 1 heterocycles. The van der Waals surface area contributed by atoms with Crippen molar-refractivity contribution in [2.24, 2.45) is 0 Å². The fourth-order valence-electron chi connectivity index (χ4n) is 2.28. The van der Waals surface area contributed by atoms with Crippen molar-refractivity contribution < 1.29 is 14.8 Å². The van der Waals surface area contributed by atoms with E-state index in [9.17, 15) is 14.8 Å². The summed E-state index contributed by atoms with van der Waals surface area (Å²) in [6, 6.07) is 5.28. The van der Waals surface area contributed by atoms with Gasteiger partial charge in [-0.15, -0.1) is 0 Å². The number of rotatable bonds is 3. The van der Waals surface area contributed by atoms with Crippen LogP contribution in [0.4, 0.5) is 15.3 Å². The van der Waals surface area contributed by atoms with E-state index in [1.54, 1.807) is 38.1 Å². The molecule has 1 aromatic rings. The highest BCUT2D eigenvalue weighted by Crippen LogP contribution is 2.41. The molecule has 0 saturated carbocycles. The Labute approximate surface area is 159 Å². The minimum atomic E-state index is -0.888. The molecule has 4 amide bonds. The van der Waals surface area contributed by atoms with Crippen LogP contribution in [-0.2, 0) is 0 Å². The highest BCUT2D eigenvalue weighted by atomic mass is 35.5. The number of thiocarbonyl (C=S) groups is 1. The summed E-state index contributed by atoms with van der Waals surface area (Å²) in [6.07, 6.45) is -0.888. The molecule has 4 N–H and O–H groups in total. The summed E-state index contributed by atoms with van der Waals surface area (Å²) in [4.78, 5) is 24.0. The van der Waals surface area contributed by atoms with Gasteiger partial charge in [0, 0.05) is 17.8 Å². The number of thioether (sulfide) groups is 1. The predicted molar refractivity (Wildman–Crippen MR) is 102 cm³/mol. The fraction of sp³-hybridized carbons (Fsp3) is 0.357. The van der Waals surface area contributed by atoms with Gasteiger partial charge < -0.3 is 10.6 Å². The average Bonchev–Trinajstić information content (AvgIpc) is 2.76. The smallest absolute Gasteiger partial charge is 0.339 e. The molecular weight excluding hydrogens is 386 g/mol. The second-order valence-electron chi connectivity index (χ2n) is 5.69. The number of carbonyl (C=O) groups is 2. The molecule has 0 aliphatic carbocycles. The largest absolute Gasteiger partial charge is 0.343 e. The molecule has 1 aliphatic rings. The Kier molecular flexibility index (Phi) is 5.99. The summed E-state index contributed by atoms with van der Waals surface area (Å²) in [5, 5.41) is 17.5. The van der Waals surface area contributed by atoms with Gasteiger partial charge in [-0.05, 0) is 38.1 Å². The van der Waals surface area contributed by atoms with Gasteiger partial charge in [0.25, 0.3) is 0 Å². The van der Waals surface area contributed by atoms with E-state index < -0.39 is 23.0 Å². The van der Waals surface area contributed by atoms with Crippen molar-refractivity contribution in [1.29, 1.82) is 0 Å². The van der Waals surface area contributed by atoms with E-state index in [1.807, 2.05) is 0 Å². The van der Waals surface area contributed by atoms with Crippen molar-refractivity contribution in [2.75, 3.05) is 12.4 Å². The third kappa shape index (κ3) is 4.46. The lowest BCUT2D eigenvalue weighted by Crippen LogP contribution is -2.61. The molecule has 0 spiro atoms. The Morgan fingerprint density at radius 1 is 1.36 bits per heavy atom. The molecule has 0 radical (unpaired) electrons. The summed E-state index contributed by atoms with van der Waals surface area (Å²) >= 11 is 12.3. The zero-order chi connectivity index (χ0) is 18.8. The van der Waals surface area contributed by atoms with Crippen molar-refractivity contribution in [3.8, 4) is 0 Å². The molecule has 11 heteroatoms. The number of anilines is 1. The molecule has 0 bridgehead atoms. The highest BCUT2D eigenvalue weighted by molar-refractivity contribution is 8.24. The monoisotopic (exact) mass is 403 g/mol. The van der Waals surface area contributed by atoms with Crippen molar-refractivity contribution >= 4 is 57.7 Å². The van der Waals surface area contributed by atoms with Crippen LogP contribution < -0.4 is 16.1 Å². The molecule has 1 saturated heterocycles. The molecule has 1 fully saturated rings. The Balaban J connectivity index is 2.14. The van der Waals surface area contributed by atoms with E-state index in [2.05, 4.69) is 16.1 Å². The number of hydroxylamine groups is 2. The zero-order valence-electron chi connectivity index (χ0n) is 13.7.